The number of nitrogens with zero attached hydrogens (tertiary/aromatic N) is 3. The van der Waals surface area contributed by atoms with E-state index in [2.05, 4.69) is 4.98 Å². The van der Waals surface area contributed by atoms with Gasteiger partial charge in [0.15, 0.2) is 0 Å². The Morgan fingerprint density at radius 2 is 2.04 bits per heavy atom. The molecule has 0 bridgehead atoms. The van der Waals surface area contributed by atoms with Crippen LogP contribution in [0.25, 0.3) is 6.08 Å². The van der Waals surface area contributed by atoms with E-state index in [1.54, 1.807) is 17.0 Å². The van der Waals surface area contributed by atoms with Crippen LogP contribution in [-0.4, -0.2) is 51.5 Å². The molecule has 7 heteroatoms. The molecule has 120 valence electrons. The Balaban J connectivity index is 1.73. The average molecular weight is 331 g/mol. The summed E-state index contributed by atoms with van der Waals surface area (Å²) in [6.45, 7) is 3.09. The van der Waals surface area contributed by atoms with E-state index in [-0.39, 0.29) is 12.5 Å². The molecule has 1 aromatic heterocycles. The number of carbonyl (C=O) groups excluding carboxylic acids is 3. The van der Waals surface area contributed by atoms with Crippen LogP contribution in [0, 0.1) is 6.92 Å². The highest BCUT2D eigenvalue weighted by atomic mass is 32.2. The first kappa shape index (κ1) is 15.7. The molecule has 0 aliphatic carbocycles. The van der Waals surface area contributed by atoms with E-state index < -0.39 is 11.1 Å². The second-order valence-corrected chi connectivity index (χ2v) is 6.55. The normalized spacial score (nSPS) is 20.0. The number of imide groups is 1. The molecule has 3 heterocycles. The van der Waals surface area contributed by atoms with Gasteiger partial charge in [-0.05, 0) is 49.7 Å². The summed E-state index contributed by atoms with van der Waals surface area (Å²) < 4.78 is 0. The summed E-state index contributed by atoms with van der Waals surface area (Å²) in [5.41, 5.74) is 1.46. The number of pyridine rings is 1. The van der Waals surface area contributed by atoms with Gasteiger partial charge in [0, 0.05) is 18.8 Å². The van der Waals surface area contributed by atoms with Gasteiger partial charge in [-0.15, -0.1) is 0 Å². The van der Waals surface area contributed by atoms with E-state index in [4.69, 9.17) is 0 Å². The molecule has 2 aliphatic heterocycles. The monoisotopic (exact) mass is 331 g/mol. The molecule has 2 fully saturated rings. The molecule has 3 amide bonds. The minimum atomic E-state index is -0.421. The number of hydrogen-bond acceptors (Lipinski definition) is 5. The minimum Gasteiger partial charge on any atom is -0.341 e. The molecular weight excluding hydrogens is 314 g/mol. The van der Waals surface area contributed by atoms with Crippen LogP contribution in [-0.2, 0) is 9.59 Å². The first-order valence-corrected chi connectivity index (χ1v) is 8.33. The van der Waals surface area contributed by atoms with Gasteiger partial charge in [0.2, 0.25) is 5.91 Å². The van der Waals surface area contributed by atoms with Crippen LogP contribution in [0.1, 0.15) is 24.2 Å². The molecule has 6 nitrogen and oxygen atoms in total. The highest BCUT2D eigenvalue weighted by molar-refractivity contribution is 8.18. The number of rotatable bonds is 3. The summed E-state index contributed by atoms with van der Waals surface area (Å²) in [4.78, 5) is 43.9. The Morgan fingerprint density at radius 1 is 1.30 bits per heavy atom. The summed E-state index contributed by atoms with van der Waals surface area (Å²) in [6.07, 6.45) is 3.55. The topological polar surface area (TPSA) is 70.6 Å². The highest BCUT2D eigenvalue weighted by Gasteiger charge is 2.37. The van der Waals surface area contributed by atoms with Gasteiger partial charge in [-0.2, -0.15) is 0 Å². The molecule has 0 unspecified atom stereocenters. The zero-order valence-corrected chi connectivity index (χ0v) is 13.6. The van der Waals surface area contributed by atoms with Crippen molar-refractivity contribution < 1.29 is 14.4 Å². The van der Waals surface area contributed by atoms with Crippen molar-refractivity contribution in [1.29, 1.82) is 0 Å². The molecule has 0 atom stereocenters. The van der Waals surface area contributed by atoms with Crippen molar-refractivity contribution in [3.05, 3.63) is 34.5 Å². The van der Waals surface area contributed by atoms with Crippen molar-refractivity contribution in [3.63, 3.8) is 0 Å². The van der Waals surface area contributed by atoms with Gasteiger partial charge >= 0.3 is 0 Å². The average Bonchev–Trinajstić information content (AvgIpc) is 3.12. The lowest BCUT2D eigenvalue weighted by Crippen LogP contribution is -2.40. The minimum absolute atomic E-state index is 0.167. The van der Waals surface area contributed by atoms with Gasteiger partial charge < -0.3 is 4.90 Å². The fraction of sp³-hybridized carbons (Fsp3) is 0.375. The van der Waals surface area contributed by atoms with Crippen molar-refractivity contribution in [3.8, 4) is 0 Å². The standard InChI is InChI=1S/C16H17N3O3S/c1-11-5-4-6-12(17-11)9-13-15(21)19(16(22)23-13)10-14(20)18-7-2-3-8-18/h4-6,9H,2-3,7-8,10H2,1H3. The van der Waals surface area contributed by atoms with Crippen LogP contribution in [0.3, 0.4) is 0 Å². The predicted molar refractivity (Wildman–Crippen MR) is 87.5 cm³/mol. The lowest BCUT2D eigenvalue weighted by molar-refractivity contribution is -0.135. The number of likely N-dealkylation sites (tertiary alicyclic amines) is 1. The maximum absolute atomic E-state index is 12.4. The third kappa shape index (κ3) is 3.44. The summed E-state index contributed by atoms with van der Waals surface area (Å²) in [5.74, 6) is -0.587. The Bertz CT molecular complexity index is 696. The molecule has 3 rings (SSSR count). The van der Waals surface area contributed by atoms with Gasteiger partial charge in [0.05, 0.1) is 10.6 Å². The van der Waals surface area contributed by atoms with Crippen molar-refractivity contribution in [2.24, 2.45) is 0 Å². The Morgan fingerprint density at radius 3 is 2.74 bits per heavy atom. The molecular formula is C16H17N3O3S. The van der Waals surface area contributed by atoms with E-state index in [1.165, 1.54) is 0 Å². The van der Waals surface area contributed by atoms with E-state index in [0.717, 1.165) is 35.2 Å². The van der Waals surface area contributed by atoms with E-state index in [0.29, 0.717) is 23.7 Å². The van der Waals surface area contributed by atoms with Crippen LogP contribution in [0.15, 0.2) is 23.1 Å². The maximum Gasteiger partial charge on any atom is 0.294 e. The molecule has 2 aliphatic rings. The largest absolute Gasteiger partial charge is 0.341 e. The SMILES string of the molecule is Cc1cccc(C=C2SC(=O)N(CC(=O)N3CCCC3)C2=O)n1. The Kier molecular flexibility index (Phi) is 4.47. The number of amides is 3. The van der Waals surface area contributed by atoms with Gasteiger partial charge in [-0.25, -0.2) is 0 Å². The molecule has 0 saturated carbocycles. The van der Waals surface area contributed by atoms with Gasteiger partial charge in [0.1, 0.15) is 6.54 Å². The molecule has 1 aromatic rings. The van der Waals surface area contributed by atoms with Crippen LogP contribution in [0.4, 0.5) is 4.79 Å². The second kappa shape index (κ2) is 6.54. The third-order valence-electron chi connectivity index (χ3n) is 3.81. The fourth-order valence-corrected chi connectivity index (χ4v) is 3.44. The smallest absolute Gasteiger partial charge is 0.294 e. The first-order chi connectivity index (χ1) is 11.0. The quantitative estimate of drug-likeness (QED) is 0.793. The summed E-state index contributed by atoms with van der Waals surface area (Å²) >= 11 is 0.855. The van der Waals surface area contributed by atoms with E-state index >= 15 is 0 Å². The Labute approximate surface area is 138 Å². The summed E-state index contributed by atoms with van der Waals surface area (Å²) in [7, 11) is 0. The molecule has 0 N–H and O–H groups in total. The molecule has 0 radical (unpaired) electrons. The van der Waals surface area contributed by atoms with Crippen LogP contribution in [0.5, 0.6) is 0 Å². The fourth-order valence-electron chi connectivity index (χ4n) is 2.62. The maximum atomic E-state index is 12.4. The molecule has 2 saturated heterocycles. The first-order valence-electron chi connectivity index (χ1n) is 7.51. The van der Waals surface area contributed by atoms with Crippen LogP contribution in [0.2, 0.25) is 0 Å². The number of thioether (sulfide) groups is 1. The van der Waals surface area contributed by atoms with Crippen molar-refractivity contribution in [1.82, 2.24) is 14.8 Å². The molecule has 0 aromatic carbocycles. The van der Waals surface area contributed by atoms with Crippen LogP contribution >= 0.6 is 11.8 Å². The Hall–Kier alpha value is -2.15. The molecule has 23 heavy (non-hydrogen) atoms. The predicted octanol–water partition coefficient (Wildman–Crippen LogP) is 2.05. The van der Waals surface area contributed by atoms with Crippen molar-refractivity contribution in [2.75, 3.05) is 19.6 Å². The van der Waals surface area contributed by atoms with Crippen molar-refractivity contribution in [2.45, 2.75) is 19.8 Å². The second-order valence-electron chi connectivity index (χ2n) is 5.56. The number of carbonyl (C=O) groups is 3. The zero-order valence-electron chi connectivity index (χ0n) is 12.8. The van der Waals surface area contributed by atoms with E-state index in [9.17, 15) is 14.4 Å². The van der Waals surface area contributed by atoms with Gasteiger partial charge in [-0.1, -0.05) is 6.07 Å². The number of aromatic nitrogens is 1. The molecule has 0 spiro atoms. The van der Waals surface area contributed by atoms with Gasteiger partial charge in [-0.3, -0.25) is 24.3 Å². The third-order valence-corrected chi connectivity index (χ3v) is 4.72. The lowest BCUT2D eigenvalue weighted by atomic mass is 10.3. The number of aryl methyl sites for hydroxylation is 1. The van der Waals surface area contributed by atoms with Crippen molar-refractivity contribution >= 4 is 34.9 Å². The van der Waals surface area contributed by atoms with E-state index in [1.807, 2.05) is 19.1 Å². The van der Waals surface area contributed by atoms with Crippen LogP contribution < -0.4 is 0 Å². The summed E-state index contributed by atoms with van der Waals surface area (Å²) in [6, 6.07) is 5.48. The summed E-state index contributed by atoms with van der Waals surface area (Å²) in [5, 5.41) is -0.401. The lowest BCUT2D eigenvalue weighted by Gasteiger charge is -2.18. The highest BCUT2D eigenvalue weighted by Crippen LogP contribution is 2.32. The zero-order chi connectivity index (χ0) is 16.4. The number of hydrogen-bond donors (Lipinski definition) is 0. The van der Waals surface area contributed by atoms with Gasteiger partial charge in [0.25, 0.3) is 11.1 Å².